The van der Waals surface area contributed by atoms with Gasteiger partial charge in [-0.15, -0.1) is 0 Å². The topological polar surface area (TPSA) is 32.3 Å². The van der Waals surface area contributed by atoms with Crippen LogP contribution < -0.4 is 5.32 Å². The van der Waals surface area contributed by atoms with E-state index in [0.717, 1.165) is 24.8 Å². The summed E-state index contributed by atoms with van der Waals surface area (Å²) in [6.07, 6.45) is 3.34. The molecule has 0 saturated carbocycles. The van der Waals surface area contributed by atoms with Gasteiger partial charge in [0.15, 0.2) is 0 Å². The van der Waals surface area contributed by atoms with Crippen LogP contribution in [0.2, 0.25) is 0 Å². The molecule has 2 N–H and O–H groups in total. The van der Waals surface area contributed by atoms with E-state index in [1.165, 1.54) is 12.8 Å². The zero-order valence-electron chi connectivity index (χ0n) is 6.72. The van der Waals surface area contributed by atoms with Crippen molar-refractivity contribution in [1.29, 1.82) is 0 Å². The second-order valence-electron chi connectivity index (χ2n) is 3.16. The average molecular weight is 222 g/mol. The van der Waals surface area contributed by atoms with E-state index >= 15 is 0 Å². The minimum atomic E-state index is -0.144. The third kappa shape index (κ3) is 3.09. The third-order valence-corrected chi connectivity index (χ3v) is 2.99. The van der Waals surface area contributed by atoms with Crippen molar-refractivity contribution in [2.24, 2.45) is 5.92 Å². The molecule has 1 heterocycles. The molecule has 0 aromatic rings. The first-order valence-corrected chi connectivity index (χ1v) is 5.41. The molecule has 0 spiro atoms. The fraction of sp³-hybridized carbons (Fsp3) is 1.00. The molecular weight excluding hydrogens is 206 g/mol. The summed E-state index contributed by atoms with van der Waals surface area (Å²) in [5.41, 5.74) is 0. The van der Waals surface area contributed by atoms with Crippen molar-refractivity contribution >= 4 is 15.9 Å². The number of hydrogen-bond donors (Lipinski definition) is 2. The van der Waals surface area contributed by atoms with Crippen LogP contribution in [0.25, 0.3) is 0 Å². The highest BCUT2D eigenvalue weighted by Gasteiger charge is 2.18. The number of alkyl halides is 1. The molecule has 1 aliphatic heterocycles. The molecule has 1 rings (SSSR count). The van der Waals surface area contributed by atoms with Crippen molar-refractivity contribution in [3.63, 3.8) is 0 Å². The van der Waals surface area contributed by atoms with E-state index in [2.05, 4.69) is 21.2 Å². The quantitative estimate of drug-likeness (QED) is 0.686. The lowest BCUT2D eigenvalue weighted by atomic mass is 9.96. The molecule has 3 heteroatoms. The van der Waals surface area contributed by atoms with E-state index in [-0.39, 0.29) is 6.10 Å². The van der Waals surface area contributed by atoms with E-state index in [4.69, 9.17) is 0 Å². The van der Waals surface area contributed by atoms with Gasteiger partial charge in [0.05, 0.1) is 6.10 Å². The maximum atomic E-state index is 9.53. The van der Waals surface area contributed by atoms with Crippen LogP contribution in [0.1, 0.15) is 19.3 Å². The molecule has 1 fully saturated rings. The van der Waals surface area contributed by atoms with Crippen LogP contribution in [-0.4, -0.2) is 29.6 Å². The van der Waals surface area contributed by atoms with E-state index in [1.807, 2.05) is 0 Å². The highest BCUT2D eigenvalue weighted by molar-refractivity contribution is 9.09. The van der Waals surface area contributed by atoms with Crippen molar-refractivity contribution in [1.82, 2.24) is 5.32 Å². The van der Waals surface area contributed by atoms with E-state index in [9.17, 15) is 5.11 Å². The number of halogens is 1. The second kappa shape index (κ2) is 5.12. The smallest absolute Gasteiger partial charge is 0.0665 e. The Kier molecular flexibility index (Phi) is 4.41. The lowest BCUT2D eigenvalue weighted by Crippen LogP contribution is -2.23. The normalized spacial score (nSPS) is 29.5. The van der Waals surface area contributed by atoms with Crippen molar-refractivity contribution in [3.05, 3.63) is 0 Å². The molecule has 0 aromatic carbocycles. The Morgan fingerprint density at radius 3 is 3.00 bits per heavy atom. The molecule has 66 valence electrons. The van der Waals surface area contributed by atoms with Gasteiger partial charge in [-0.25, -0.2) is 0 Å². The lowest BCUT2D eigenvalue weighted by molar-refractivity contribution is 0.123. The van der Waals surface area contributed by atoms with Crippen molar-refractivity contribution in [2.75, 3.05) is 18.4 Å². The molecule has 0 bridgehead atoms. The van der Waals surface area contributed by atoms with Crippen LogP contribution >= 0.6 is 15.9 Å². The molecule has 0 amide bonds. The molecule has 1 saturated heterocycles. The molecule has 2 atom stereocenters. The molecular formula is C8H16BrNO. The largest absolute Gasteiger partial charge is 0.392 e. The van der Waals surface area contributed by atoms with Crippen LogP contribution in [-0.2, 0) is 0 Å². The van der Waals surface area contributed by atoms with Crippen LogP contribution in [0.15, 0.2) is 0 Å². The Balaban J connectivity index is 2.30. The first-order chi connectivity index (χ1) is 5.34. The summed E-state index contributed by atoms with van der Waals surface area (Å²) in [6.45, 7) is 2.18. The Morgan fingerprint density at radius 1 is 1.45 bits per heavy atom. The highest BCUT2D eigenvalue weighted by Crippen LogP contribution is 2.18. The van der Waals surface area contributed by atoms with Gasteiger partial charge in [-0.3, -0.25) is 0 Å². The predicted octanol–water partition coefficient (Wildman–Crippen LogP) is 1.13. The standard InChI is InChI=1S/C8H16BrNO/c9-6-8(11)7-2-1-4-10-5-3-7/h7-8,10-11H,1-6H2. The first kappa shape index (κ1) is 9.49. The summed E-state index contributed by atoms with van der Waals surface area (Å²) in [4.78, 5) is 0. The molecule has 2 nitrogen and oxygen atoms in total. The first-order valence-electron chi connectivity index (χ1n) is 4.29. The van der Waals surface area contributed by atoms with Gasteiger partial charge in [-0.05, 0) is 38.3 Å². The number of hydrogen-bond acceptors (Lipinski definition) is 2. The van der Waals surface area contributed by atoms with Crippen molar-refractivity contribution in [2.45, 2.75) is 25.4 Å². The van der Waals surface area contributed by atoms with Gasteiger partial charge in [-0.1, -0.05) is 15.9 Å². The molecule has 0 aromatic heterocycles. The summed E-state index contributed by atoms with van der Waals surface area (Å²) >= 11 is 3.31. The van der Waals surface area contributed by atoms with Crippen molar-refractivity contribution in [3.8, 4) is 0 Å². The van der Waals surface area contributed by atoms with Gasteiger partial charge < -0.3 is 10.4 Å². The van der Waals surface area contributed by atoms with E-state index < -0.39 is 0 Å². The second-order valence-corrected chi connectivity index (χ2v) is 3.81. The van der Waals surface area contributed by atoms with Gasteiger partial charge in [-0.2, -0.15) is 0 Å². The Labute approximate surface area is 76.5 Å². The Hall–Kier alpha value is 0.400. The summed E-state index contributed by atoms with van der Waals surface area (Å²) in [5, 5.41) is 13.6. The summed E-state index contributed by atoms with van der Waals surface area (Å²) in [6, 6.07) is 0. The van der Waals surface area contributed by atoms with Gasteiger partial charge in [0.25, 0.3) is 0 Å². The lowest BCUT2D eigenvalue weighted by Gasteiger charge is -2.18. The SMILES string of the molecule is OC(CBr)C1CCCNCC1. The maximum Gasteiger partial charge on any atom is 0.0665 e. The monoisotopic (exact) mass is 221 g/mol. The van der Waals surface area contributed by atoms with Crippen LogP contribution in [0.3, 0.4) is 0 Å². The molecule has 2 unspecified atom stereocenters. The minimum absolute atomic E-state index is 0.144. The predicted molar refractivity (Wildman–Crippen MR) is 50.0 cm³/mol. The maximum absolute atomic E-state index is 9.53. The van der Waals surface area contributed by atoms with Gasteiger partial charge in [0.2, 0.25) is 0 Å². The Bertz CT molecular complexity index is 102. The molecule has 11 heavy (non-hydrogen) atoms. The number of rotatable bonds is 2. The number of nitrogens with one attached hydrogen (secondary N) is 1. The van der Waals surface area contributed by atoms with Gasteiger partial charge in [0.1, 0.15) is 0 Å². The average Bonchev–Trinajstić information content (AvgIpc) is 2.30. The van der Waals surface area contributed by atoms with Crippen LogP contribution in [0.4, 0.5) is 0 Å². The van der Waals surface area contributed by atoms with Gasteiger partial charge >= 0.3 is 0 Å². The minimum Gasteiger partial charge on any atom is -0.392 e. The van der Waals surface area contributed by atoms with E-state index in [0.29, 0.717) is 5.92 Å². The zero-order valence-corrected chi connectivity index (χ0v) is 8.31. The fourth-order valence-corrected chi connectivity index (χ4v) is 2.09. The number of aliphatic hydroxyl groups excluding tert-OH is 1. The third-order valence-electron chi connectivity index (χ3n) is 2.32. The van der Waals surface area contributed by atoms with Crippen molar-refractivity contribution < 1.29 is 5.11 Å². The Morgan fingerprint density at radius 2 is 2.27 bits per heavy atom. The zero-order chi connectivity index (χ0) is 8.10. The molecule has 0 aliphatic carbocycles. The van der Waals surface area contributed by atoms with Gasteiger partial charge in [0, 0.05) is 5.33 Å². The fourth-order valence-electron chi connectivity index (χ4n) is 1.56. The van der Waals surface area contributed by atoms with Crippen LogP contribution in [0, 0.1) is 5.92 Å². The summed E-state index contributed by atoms with van der Waals surface area (Å²) in [7, 11) is 0. The molecule has 1 aliphatic rings. The van der Waals surface area contributed by atoms with E-state index in [1.54, 1.807) is 0 Å². The molecule has 0 radical (unpaired) electrons. The number of aliphatic hydroxyl groups is 1. The summed E-state index contributed by atoms with van der Waals surface area (Å²) in [5.74, 6) is 0.504. The summed E-state index contributed by atoms with van der Waals surface area (Å²) < 4.78 is 0. The highest BCUT2D eigenvalue weighted by atomic mass is 79.9. The van der Waals surface area contributed by atoms with Crippen LogP contribution in [0.5, 0.6) is 0 Å².